The van der Waals surface area contributed by atoms with Crippen LogP contribution in [0.4, 0.5) is 0 Å². The van der Waals surface area contributed by atoms with Gasteiger partial charge < -0.3 is 39.4 Å². The first-order valence-electron chi connectivity index (χ1n) is 13.1. The molecule has 8 atom stereocenters. The number of allylic oxidation sites excluding steroid dienone is 2. The smallest absolute Gasteiger partial charge is 0.334 e. The Balaban J connectivity index is 1.24. The summed E-state index contributed by atoms with van der Waals surface area (Å²) in [4.78, 5) is 37.5. The second kappa shape index (κ2) is 11.3. The average molecular weight is 557 g/mol. The van der Waals surface area contributed by atoms with Crippen LogP contribution in [0.5, 0.6) is 5.75 Å². The van der Waals surface area contributed by atoms with E-state index in [-0.39, 0.29) is 30.5 Å². The van der Waals surface area contributed by atoms with Gasteiger partial charge in [0, 0.05) is 23.0 Å². The van der Waals surface area contributed by atoms with Crippen molar-refractivity contribution < 1.29 is 53.8 Å². The van der Waals surface area contributed by atoms with Gasteiger partial charge in [-0.1, -0.05) is 24.3 Å². The quantitative estimate of drug-likeness (QED) is 0.275. The van der Waals surface area contributed by atoms with Gasteiger partial charge in [0.15, 0.2) is 12.1 Å². The molecule has 0 bridgehead atoms. The third-order valence-corrected chi connectivity index (χ3v) is 8.04. The minimum Gasteiger partial charge on any atom is -0.508 e. The van der Waals surface area contributed by atoms with Crippen LogP contribution >= 0.6 is 0 Å². The standard InChI is InChI=1S/C29H32O11/c1-13-3-8-18-14(2)28(36)40-27(18)23-16(10-19(31)22(13)23)11-38-29-26(35)25(34)24(33)20(39-29)12-37-21(32)9-15-4-6-17(30)7-5-15/h4-7,10,18,20,23-27,29-30,33-35H,2-3,8-9,11-12H2,1H3. The van der Waals surface area contributed by atoms with Crippen molar-refractivity contribution in [2.24, 2.45) is 11.8 Å². The molecule has 0 amide bonds. The Kier molecular flexibility index (Phi) is 7.94. The van der Waals surface area contributed by atoms with E-state index in [0.717, 1.165) is 5.57 Å². The van der Waals surface area contributed by atoms with Gasteiger partial charge in [-0.2, -0.15) is 0 Å². The molecule has 40 heavy (non-hydrogen) atoms. The van der Waals surface area contributed by atoms with Crippen molar-refractivity contribution in [3.8, 4) is 5.75 Å². The van der Waals surface area contributed by atoms with Crippen LogP contribution in [0.25, 0.3) is 0 Å². The zero-order valence-electron chi connectivity index (χ0n) is 21.9. The van der Waals surface area contributed by atoms with Gasteiger partial charge in [-0.3, -0.25) is 9.59 Å². The van der Waals surface area contributed by atoms with Gasteiger partial charge in [0.05, 0.1) is 13.0 Å². The highest BCUT2D eigenvalue weighted by molar-refractivity contribution is 6.09. The van der Waals surface area contributed by atoms with Crippen molar-refractivity contribution in [1.82, 2.24) is 0 Å². The molecular weight excluding hydrogens is 524 g/mol. The van der Waals surface area contributed by atoms with Gasteiger partial charge in [-0.15, -0.1) is 0 Å². The fourth-order valence-electron chi connectivity index (χ4n) is 5.81. The first-order chi connectivity index (χ1) is 19.0. The number of aliphatic hydroxyl groups is 3. The lowest BCUT2D eigenvalue weighted by Crippen LogP contribution is -2.59. The summed E-state index contributed by atoms with van der Waals surface area (Å²) in [7, 11) is 0. The third kappa shape index (κ3) is 5.35. The largest absolute Gasteiger partial charge is 0.508 e. The number of ketones is 1. The third-order valence-electron chi connectivity index (χ3n) is 8.04. The SMILES string of the molecule is C=C1C(=O)OC2C1CCC(C)=C1C(=O)C=C(COC3OC(COC(=O)Cc4ccc(O)cc4)C(O)C(O)C3O)C12. The molecule has 2 aliphatic heterocycles. The number of hydrogen-bond acceptors (Lipinski definition) is 11. The topological polar surface area (TPSA) is 169 Å². The Bertz CT molecular complexity index is 1260. The minimum atomic E-state index is -1.65. The van der Waals surface area contributed by atoms with E-state index in [1.807, 2.05) is 6.92 Å². The van der Waals surface area contributed by atoms with Gasteiger partial charge in [0.25, 0.3) is 0 Å². The Morgan fingerprint density at radius 3 is 2.55 bits per heavy atom. The molecular formula is C29H32O11. The maximum atomic E-state index is 12.9. The molecule has 0 spiro atoms. The molecule has 0 aromatic heterocycles. The van der Waals surface area contributed by atoms with Crippen LogP contribution in [0.1, 0.15) is 25.3 Å². The summed E-state index contributed by atoms with van der Waals surface area (Å²) in [6.07, 6.45) is -5.46. The lowest BCUT2D eigenvalue weighted by atomic mass is 9.83. The molecule has 1 aromatic rings. The van der Waals surface area contributed by atoms with Gasteiger partial charge in [-0.05, 0) is 49.1 Å². The zero-order chi connectivity index (χ0) is 28.7. The van der Waals surface area contributed by atoms with Crippen molar-refractivity contribution in [3.63, 3.8) is 0 Å². The number of fused-ring (bicyclic) bond motifs is 3. The summed E-state index contributed by atoms with van der Waals surface area (Å²) < 4.78 is 22.3. The Labute approximate surface area is 230 Å². The molecule has 11 heteroatoms. The molecule has 214 valence electrons. The zero-order valence-corrected chi connectivity index (χ0v) is 21.9. The first kappa shape index (κ1) is 28.2. The predicted octanol–water partition coefficient (Wildman–Crippen LogP) is 0.635. The maximum Gasteiger partial charge on any atom is 0.334 e. The number of carbonyl (C=O) groups excluding carboxylic acids is 3. The second-order valence-electron chi connectivity index (χ2n) is 10.6. The summed E-state index contributed by atoms with van der Waals surface area (Å²) in [5.41, 5.74) is 2.98. The van der Waals surface area contributed by atoms with Crippen LogP contribution in [0, 0.1) is 11.8 Å². The van der Waals surface area contributed by atoms with Crippen molar-refractivity contribution in [3.05, 3.63) is 64.8 Å². The highest BCUT2D eigenvalue weighted by atomic mass is 16.7. The molecule has 5 rings (SSSR count). The van der Waals surface area contributed by atoms with E-state index < -0.39 is 61.3 Å². The summed E-state index contributed by atoms with van der Waals surface area (Å²) in [6, 6.07) is 6.00. The van der Waals surface area contributed by atoms with Gasteiger partial charge in [-0.25, -0.2) is 4.79 Å². The molecule has 0 radical (unpaired) electrons. The molecule has 11 nitrogen and oxygen atoms in total. The van der Waals surface area contributed by atoms with Gasteiger partial charge in [0.1, 0.15) is 42.9 Å². The van der Waals surface area contributed by atoms with E-state index >= 15 is 0 Å². The molecule has 4 aliphatic rings. The summed E-state index contributed by atoms with van der Waals surface area (Å²) in [5.74, 6) is -2.03. The second-order valence-corrected chi connectivity index (χ2v) is 10.6. The highest BCUT2D eigenvalue weighted by Gasteiger charge is 2.51. The number of hydrogen-bond donors (Lipinski definition) is 4. The Morgan fingerprint density at radius 2 is 1.82 bits per heavy atom. The van der Waals surface area contributed by atoms with Crippen molar-refractivity contribution >= 4 is 17.7 Å². The van der Waals surface area contributed by atoms with E-state index in [4.69, 9.17) is 18.9 Å². The Hall–Kier alpha value is -3.35. The number of ether oxygens (including phenoxy) is 4. The number of rotatable bonds is 7. The van der Waals surface area contributed by atoms with Crippen LogP contribution in [-0.2, 0) is 39.8 Å². The average Bonchev–Trinajstić information content (AvgIpc) is 3.35. The predicted molar refractivity (Wildman–Crippen MR) is 136 cm³/mol. The van der Waals surface area contributed by atoms with Gasteiger partial charge >= 0.3 is 11.9 Å². The fraction of sp³-hybridized carbons (Fsp3) is 0.483. The lowest BCUT2D eigenvalue weighted by Gasteiger charge is -2.40. The normalized spacial score (nSPS) is 33.7. The molecule has 2 fully saturated rings. The molecule has 0 saturated carbocycles. The fourth-order valence-corrected chi connectivity index (χ4v) is 5.81. The van der Waals surface area contributed by atoms with Crippen molar-refractivity contribution in [1.29, 1.82) is 0 Å². The van der Waals surface area contributed by atoms with E-state index in [0.29, 0.717) is 35.1 Å². The van der Waals surface area contributed by atoms with E-state index in [2.05, 4.69) is 6.58 Å². The van der Waals surface area contributed by atoms with E-state index in [1.165, 1.54) is 18.2 Å². The first-order valence-corrected chi connectivity index (χ1v) is 13.1. The number of phenols is 1. The number of phenolic OH excluding ortho intramolecular Hbond substituents is 1. The minimum absolute atomic E-state index is 0.0584. The van der Waals surface area contributed by atoms with E-state index in [1.54, 1.807) is 12.1 Å². The number of aromatic hydroxyl groups is 1. The van der Waals surface area contributed by atoms with Crippen LogP contribution < -0.4 is 0 Å². The summed E-state index contributed by atoms with van der Waals surface area (Å²) >= 11 is 0. The molecule has 4 N–H and O–H groups in total. The number of esters is 2. The lowest BCUT2D eigenvalue weighted by molar-refractivity contribution is -0.299. The van der Waals surface area contributed by atoms with Gasteiger partial charge in [0.2, 0.25) is 0 Å². The number of aliphatic hydroxyl groups excluding tert-OH is 3. The molecule has 8 unspecified atom stereocenters. The van der Waals surface area contributed by atoms with Crippen molar-refractivity contribution in [2.75, 3.05) is 13.2 Å². The van der Waals surface area contributed by atoms with Crippen LogP contribution in [0.3, 0.4) is 0 Å². The van der Waals surface area contributed by atoms with E-state index in [9.17, 15) is 34.8 Å². The maximum absolute atomic E-state index is 12.9. The number of benzene rings is 1. The molecule has 2 heterocycles. The highest BCUT2D eigenvalue weighted by Crippen LogP contribution is 2.47. The van der Waals surface area contributed by atoms with Crippen molar-refractivity contribution in [2.45, 2.75) is 63.0 Å². The monoisotopic (exact) mass is 556 g/mol. The van der Waals surface area contributed by atoms with Crippen LogP contribution in [0.15, 0.2) is 59.2 Å². The Morgan fingerprint density at radius 1 is 1.10 bits per heavy atom. The summed E-state index contributed by atoms with van der Waals surface area (Å²) in [5, 5.41) is 40.7. The number of carbonyl (C=O) groups is 3. The molecule has 2 aliphatic carbocycles. The summed E-state index contributed by atoms with van der Waals surface area (Å²) in [6.45, 7) is 5.15. The molecule has 2 saturated heterocycles. The molecule has 1 aromatic carbocycles. The van der Waals surface area contributed by atoms with Crippen LogP contribution in [0.2, 0.25) is 0 Å². The van der Waals surface area contributed by atoms with Crippen LogP contribution in [-0.4, -0.2) is 88.2 Å².